The van der Waals surface area contributed by atoms with E-state index in [1.54, 1.807) is 0 Å². The minimum atomic E-state index is -0.136. The quantitative estimate of drug-likeness (QED) is 0.0231. The summed E-state index contributed by atoms with van der Waals surface area (Å²) in [6.07, 6.45) is 40.4. The van der Waals surface area contributed by atoms with Crippen LogP contribution in [0.4, 0.5) is 0 Å². The van der Waals surface area contributed by atoms with Crippen molar-refractivity contribution in [1.82, 2.24) is 0 Å². The van der Waals surface area contributed by atoms with Crippen molar-refractivity contribution in [3.63, 3.8) is 0 Å². The second-order valence-corrected chi connectivity index (χ2v) is 20.3. The number of carbonyl (C=O) groups excluding carboxylic acids is 4. The van der Waals surface area contributed by atoms with E-state index in [0.29, 0.717) is 51.0 Å². The fourth-order valence-corrected chi connectivity index (χ4v) is 9.05. The van der Waals surface area contributed by atoms with E-state index in [-0.39, 0.29) is 66.6 Å². The van der Waals surface area contributed by atoms with Crippen LogP contribution in [0.3, 0.4) is 0 Å². The lowest BCUT2D eigenvalue weighted by atomic mass is 9.87. The predicted octanol–water partition coefficient (Wildman–Crippen LogP) is 13.1. The molecular formula is C58H96BO12. The Kier molecular flexibility index (Phi) is 36.0. The van der Waals surface area contributed by atoms with Gasteiger partial charge in [-0.25, -0.2) is 0 Å². The minimum Gasteiger partial charge on any atom is -0.543 e. The molecule has 4 rings (SSSR count). The Morgan fingerprint density at radius 2 is 1.28 bits per heavy atom. The van der Waals surface area contributed by atoms with Gasteiger partial charge in [0.2, 0.25) is 0 Å². The highest BCUT2D eigenvalue weighted by Gasteiger charge is 2.37. The molecule has 1 saturated carbocycles. The van der Waals surface area contributed by atoms with Crippen LogP contribution < -0.4 is 0 Å². The molecule has 2 aliphatic carbocycles. The number of ether oxygens (including phenoxy) is 6. The van der Waals surface area contributed by atoms with E-state index in [1.165, 1.54) is 31.9 Å². The first-order chi connectivity index (χ1) is 34.3. The van der Waals surface area contributed by atoms with Gasteiger partial charge in [0.1, 0.15) is 5.78 Å². The summed E-state index contributed by atoms with van der Waals surface area (Å²) in [4.78, 5) is 47.1. The maximum atomic E-state index is 12.7. The monoisotopic (exact) mass is 996 g/mol. The Bertz CT molecular complexity index is 1590. The molecule has 0 spiro atoms. The van der Waals surface area contributed by atoms with Crippen molar-refractivity contribution in [2.24, 2.45) is 23.7 Å². The van der Waals surface area contributed by atoms with E-state index >= 15 is 0 Å². The van der Waals surface area contributed by atoms with Crippen molar-refractivity contribution in [3.8, 4) is 0 Å². The van der Waals surface area contributed by atoms with Crippen molar-refractivity contribution in [2.75, 3.05) is 13.2 Å². The average molecular weight is 996 g/mol. The van der Waals surface area contributed by atoms with Crippen molar-refractivity contribution in [1.29, 1.82) is 0 Å². The molecule has 2 heterocycles. The number of esters is 2. The third-order valence-electron chi connectivity index (χ3n) is 12.8. The van der Waals surface area contributed by atoms with E-state index in [9.17, 15) is 19.2 Å². The van der Waals surface area contributed by atoms with Crippen LogP contribution in [-0.4, -0.2) is 86.4 Å². The summed E-state index contributed by atoms with van der Waals surface area (Å²) in [6.45, 7) is 17.7. The molecule has 13 heteroatoms. The lowest BCUT2D eigenvalue weighted by Crippen LogP contribution is -2.27. The van der Waals surface area contributed by atoms with E-state index in [4.69, 9.17) is 33.4 Å². The molecule has 0 aromatic carbocycles. The largest absolute Gasteiger partial charge is 0.568 e. The van der Waals surface area contributed by atoms with Gasteiger partial charge in [0.25, 0.3) is 0 Å². The van der Waals surface area contributed by atoms with Gasteiger partial charge in [0, 0.05) is 44.8 Å². The summed E-state index contributed by atoms with van der Waals surface area (Å²) < 4.78 is 38.5. The van der Waals surface area contributed by atoms with E-state index in [1.807, 2.05) is 45.9 Å². The van der Waals surface area contributed by atoms with Gasteiger partial charge < -0.3 is 38.1 Å². The van der Waals surface area contributed by atoms with Gasteiger partial charge in [-0.3, -0.25) is 19.2 Å². The molecular weight excluding hydrogens is 899 g/mol. The number of carbonyl (C=O) groups is 4. The van der Waals surface area contributed by atoms with Crippen molar-refractivity contribution in [3.05, 3.63) is 60.4 Å². The smallest absolute Gasteiger partial charge is 0.543 e. The predicted molar refractivity (Wildman–Crippen MR) is 283 cm³/mol. The Morgan fingerprint density at radius 3 is 1.76 bits per heavy atom. The first-order valence-corrected chi connectivity index (χ1v) is 27.7. The molecule has 0 aromatic heterocycles. The molecule has 71 heavy (non-hydrogen) atoms. The molecule has 0 bridgehead atoms. The van der Waals surface area contributed by atoms with Crippen molar-refractivity contribution >= 4 is 31.2 Å². The minimum absolute atomic E-state index is 0.000370. The standard InChI is InChI=1S/C29H48O5.C16H24O3.C13H24BO4/c1-5-6-9-14-24(34-29-17-12-13-20-32-29)18-19-25-23(4)21-27(30)26(25)15-10-7-8-11-16-28(31)33-22(2)3;1-12(2)19-16(18)9-7-5-4-6-8-14-10-13(3)11-15(14)17;1-2-3-4-7-12(9-11-17-14-15)18-13-8-5-6-10-16-13/h7,10,18-19,22-26,29H,5-6,8-9,11-17,20-21H2,1-4H3;4,6,10,12-13H,5,7-9,11H2,1-3H3;9,11-13,15H,2-8,10H2,1H3/b10-7-,19-18+;6-4-;11-9+/t23-,24?,25+,26-,29?;13-;/m10./s1. The number of hydrogen-bond acceptors (Lipinski definition) is 12. The summed E-state index contributed by atoms with van der Waals surface area (Å²) >= 11 is 0. The Balaban J connectivity index is 0.000000396. The number of Topliss-reactive ketones (excluding diaryl/α,β-unsaturated/α-hetero) is 2. The maximum Gasteiger partial charge on any atom is 0.568 e. The molecule has 4 aliphatic rings. The molecule has 1 N–H and O–H groups in total. The molecule has 2 saturated heterocycles. The molecule has 12 nitrogen and oxygen atoms in total. The van der Waals surface area contributed by atoms with Gasteiger partial charge in [-0.15, -0.1) is 0 Å². The highest BCUT2D eigenvalue weighted by Crippen LogP contribution is 2.38. The highest BCUT2D eigenvalue weighted by atomic mass is 16.7. The fraction of sp³-hybridized carbons (Fsp3) is 0.759. The molecule has 0 amide bonds. The molecule has 8 atom stereocenters. The molecule has 0 aromatic rings. The highest BCUT2D eigenvalue weighted by molar-refractivity contribution is 6.16. The van der Waals surface area contributed by atoms with Crippen LogP contribution in [0.5, 0.6) is 0 Å². The van der Waals surface area contributed by atoms with Crippen LogP contribution in [0.15, 0.2) is 60.4 Å². The molecule has 4 unspecified atom stereocenters. The zero-order valence-corrected chi connectivity index (χ0v) is 45.4. The number of allylic oxidation sites excluding steroid dienone is 7. The second-order valence-electron chi connectivity index (χ2n) is 20.3. The Hall–Kier alpha value is -3.36. The van der Waals surface area contributed by atoms with Crippen molar-refractivity contribution < 1.29 is 57.3 Å². The number of ketones is 2. The van der Waals surface area contributed by atoms with Crippen LogP contribution in [0.25, 0.3) is 0 Å². The topological polar surface area (TPSA) is 153 Å². The van der Waals surface area contributed by atoms with E-state index in [0.717, 1.165) is 122 Å². The lowest BCUT2D eigenvalue weighted by Gasteiger charge is -2.27. The first-order valence-electron chi connectivity index (χ1n) is 27.7. The van der Waals surface area contributed by atoms with E-state index in [2.05, 4.69) is 62.7 Å². The summed E-state index contributed by atoms with van der Waals surface area (Å²) in [5.74, 6) is 1.41. The third kappa shape index (κ3) is 31.1. The fourth-order valence-electron chi connectivity index (χ4n) is 9.05. The number of rotatable bonds is 31. The third-order valence-corrected chi connectivity index (χ3v) is 12.8. The number of unbranched alkanes of at least 4 members (excludes halogenated alkanes) is 6. The van der Waals surface area contributed by atoms with E-state index < -0.39 is 0 Å². The van der Waals surface area contributed by atoms with Gasteiger partial charge in [-0.05, 0) is 147 Å². The maximum absolute atomic E-state index is 12.7. The van der Waals surface area contributed by atoms with Gasteiger partial charge in [-0.2, -0.15) is 0 Å². The van der Waals surface area contributed by atoms with Gasteiger partial charge >= 0.3 is 19.6 Å². The summed E-state index contributed by atoms with van der Waals surface area (Å²) in [6, 6.07) is 0. The average Bonchev–Trinajstić information content (AvgIpc) is 3.80. The van der Waals surface area contributed by atoms with Gasteiger partial charge in [0.05, 0.1) is 30.7 Å². The molecule has 1 radical (unpaired) electrons. The summed E-state index contributed by atoms with van der Waals surface area (Å²) in [5.41, 5.74) is 0.933. The lowest BCUT2D eigenvalue weighted by molar-refractivity contribution is -0.179. The summed E-state index contributed by atoms with van der Waals surface area (Å²) in [7, 11) is 0.663. The molecule has 3 fully saturated rings. The SMILES string of the molecule is CC(C)OC(=O)CCC/C=C\CC1=C[C@H](C)CC1=O.CCCCCC(/C=C/O[B]O)OC1CCCCO1.CCCCCC(/C=C/[C@H]1[C@H](C)CC(=O)[C@@H]1C/C=C\CCCC(=O)OC(C)C)OC1CCCCO1. The normalized spacial score (nSPS) is 23.5. The Labute approximate surface area is 430 Å². The van der Waals surface area contributed by atoms with Gasteiger partial charge in [-0.1, -0.05) is 109 Å². The van der Waals surface area contributed by atoms with Crippen LogP contribution in [-0.2, 0) is 52.3 Å². The molecule has 403 valence electrons. The zero-order chi connectivity index (χ0) is 52.1. The second kappa shape index (κ2) is 40.1. The van der Waals surface area contributed by atoms with Gasteiger partial charge in [0.15, 0.2) is 18.4 Å². The van der Waals surface area contributed by atoms with Crippen molar-refractivity contribution in [2.45, 2.75) is 246 Å². The first kappa shape index (κ1) is 63.8. The Morgan fingerprint density at radius 1 is 0.732 bits per heavy atom. The molecule has 2 aliphatic heterocycles. The number of hydrogen-bond donors (Lipinski definition) is 1. The van der Waals surface area contributed by atoms with Crippen LogP contribution in [0, 0.1) is 23.7 Å². The summed E-state index contributed by atoms with van der Waals surface area (Å²) in [5, 5.41) is 8.45. The zero-order valence-electron chi connectivity index (χ0n) is 45.4. The van der Waals surface area contributed by atoms with Crippen LogP contribution in [0.2, 0.25) is 0 Å². The van der Waals surface area contributed by atoms with Crippen LogP contribution in [0.1, 0.15) is 209 Å². The van der Waals surface area contributed by atoms with Crippen LogP contribution >= 0.6 is 0 Å².